The third-order valence-corrected chi connectivity index (χ3v) is 9.75. The van der Waals surface area contributed by atoms with Gasteiger partial charge in [-0.2, -0.15) is 0 Å². The highest BCUT2D eigenvalue weighted by atomic mass is 16.3. The first-order chi connectivity index (χ1) is 25.3. The molecule has 8 aromatic carbocycles. The second-order valence-electron chi connectivity index (χ2n) is 12.8. The lowest BCUT2D eigenvalue weighted by molar-refractivity contribution is 0.669. The molecule has 10 rings (SSSR count). The molecular weight excluding hydrogens is 623 g/mol. The predicted molar refractivity (Wildman–Crippen MR) is 209 cm³/mol. The molecule has 0 unspecified atom stereocenters. The largest absolute Gasteiger partial charge is 0.456 e. The van der Waals surface area contributed by atoms with E-state index >= 15 is 0 Å². The SMILES string of the molecule is c1ccc(-c2cccc3oc4ccccc4c23)c(-c2nc(-c3ccc(-c4cccc5ccccc45)cc3)nc(-c3ccc4ccccc4c3)n2)c1. The molecule has 4 heteroatoms. The van der Waals surface area contributed by atoms with Crippen LogP contribution in [0, 0.1) is 0 Å². The van der Waals surface area contributed by atoms with E-state index in [0.29, 0.717) is 17.5 Å². The van der Waals surface area contributed by atoms with Gasteiger partial charge in [-0.1, -0.05) is 158 Å². The Morgan fingerprint density at radius 3 is 1.73 bits per heavy atom. The Bertz CT molecular complexity index is 2920. The minimum Gasteiger partial charge on any atom is -0.456 e. The molecule has 0 atom stereocenters. The van der Waals surface area contributed by atoms with Crippen molar-refractivity contribution in [1.29, 1.82) is 0 Å². The molecule has 0 bridgehead atoms. The Labute approximate surface area is 294 Å². The number of para-hydroxylation sites is 1. The van der Waals surface area contributed by atoms with E-state index in [9.17, 15) is 0 Å². The molecule has 0 radical (unpaired) electrons. The maximum Gasteiger partial charge on any atom is 0.164 e. The van der Waals surface area contributed by atoms with E-state index in [2.05, 4.69) is 146 Å². The van der Waals surface area contributed by atoms with Gasteiger partial charge in [-0.15, -0.1) is 0 Å². The van der Waals surface area contributed by atoms with Crippen LogP contribution in [-0.2, 0) is 0 Å². The molecule has 2 aromatic heterocycles. The monoisotopic (exact) mass is 651 g/mol. The van der Waals surface area contributed by atoms with Crippen LogP contribution < -0.4 is 0 Å². The van der Waals surface area contributed by atoms with Crippen molar-refractivity contribution in [2.75, 3.05) is 0 Å². The Morgan fingerprint density at radius 2 is 0.863 bits per heavy atom. The van der Waals surface area contributed by atoms with Gasteiger partial charge in [-0.3, -0.25) is 0 Å². The van der Waals surface area contributed by atoms with Gasteiger partial charge in [0.2, 0.25) is 0 Å². The molecule has 0 N–H and O–H groups in total. The Hall–Kier alpha value is -6.91. The Morgan fingerprint density at radius 1 is 0.314 bits per heavy atom. The number of fused-ring (bicyclic) bond motifs is 5. The van der Waals surface area contributed by atoms with Crippen LogP contribution in [-0.4, -0.2) is 15.0 Å². The van der Waals surface area contributed by atoms with E-state index < -0.39 is 0 Å². The van der Waals surface area contributed by atoms with Crippen LogP contribution in [0.15, 0.2) is 180 Å². The summed E-state index contributed by atoms with van der Waals surface area (Å²) in [4.78, 5) is 15.5. The molecular formula is C47H29N3O. The van der Waals surface area contributed by atoms with Gasteiger partial charge in [-0.05, 0) is 62.0 Å². The summed E-state index contributed by atoms with van der Waals surface area (Å²) in [5.74, 6) is 1.86. The highest BCUT2D eigenvalue weighted by Crippen LogP contribution is 2.40. The average molecular weight is 652 g/mol. The van der Waals surface area contributed by atoms with Crippen LogP contribution >= 0.6 is 0 Å². The lowest BCUT2D eigenvalue weighted by Crippen LogP contribution is -2.01. The summed E-state index contributed by atoms with van der Waals surface area (Å²) < 4.78 is 6.27. The van der Waals surface area contributed by atoms with Crippen LogP contribution in [0.25, 0.3) is 99.9 Å². The first kappa shape index (κ1) is 29.0. The minimum absolute atomic E-state index is 0.613. The second-order valence-corrected chi connectivity index (χ2v) is 12.8. The van der Waals surface area contributed by atoms with Crippen LogP contribution in [0.3, 0.4) is 0 Å². The van der Waals surface area contributed by atoms with Gasteiger partial charge in [0.1, 0.15) is 11.2 Å². The average Bonchev–Trinajstić information content (AvgIpc) is 3.59. The lowest BCUT2D eigenvalue weighted by Gasteiger charge is -2.13. The summed E-state index contributed by atoms with van der Waals surface area (Å²) in [6.45, 7) is 0. The van der Waals surface area contributed by atoms with Gasteiger partial charge in [0.05, 0.1) is 0 Å². The van der Waals surface area contributed by atoms with Crippen LogP contribution in [0.1, 0.15) is 0 Å². The van der Waals surface area contributed by atoms with Crippen molar-refractivity contribution < 1.29 is 4.42 Å². The molecule has 0 amide bonds. The third kappa shape index (κ3) is 5.04. The van der Waals surface area contributed by atoms with E-state index in [1.165, 1.54) is 21.7 Å². The molecule has 2 heterocycles. The maximum absolute atomic E-state index is 6.27. The number of nitrogens with zero attached hydrogens (tertiary/aromatic N) is 3. The van der Waals surface area contributed by atoms with Crippen LogP contribution in [0.4, 0.5) is 0 Å². The topological polar surface area (TPSA) is 51.8 Å². The second kappa shape index (κ2) is 11.9. The van der Waals surface area contributed by atoms with Gasteiger partial charge in [-0.25, -0.2) is 15.0 Å². The number of rotatable bonds is 5. The van der Waals surface area contributed by atoms with E-state index in [1.54, 1.807) is 0 Å². The van der Waals surface area contributed by atoms with Crippen molar-refractivity contribution in [3.8, 4) is 56.4 Å². The summed E-state index contributed by atoms with van der Waals surface area (Å²) >= 11 is 0. The molecule has 0 aliphatic rings. The summed E-state index contributed by atoms with van der Waals surface area (Å²) in [5, 5.41) is 6.92. The van der Waals surface area contributed by atoms with Gasteiger partial charge in [0, 0.05) is 27.5 Å². The zero-order chi connectivity index (χ0) is 33.7. The van der Waals surface area contributed by atoms with E-state index in [4.69, 9.17) is 19.4 Å². The molecule has 0 saturated heterocycles. The number of hydrogen-bond donors (Lipinski definition) is 0. The minimum atomic E-state index is 0.613. The zero-order valence-electron chi connectivity index (χ0n) is 27.5. The predicted octanol–water partition coefficient (Wildman–Crippen LogP) is 12.4. The molecule has 0 aliphatic carbocycles. The smallest absolute Gasteiger partial charge is 0.164 e. The van der Waals surface area contributed by atoms with Gasteiger partial charge in [0.15, 0.2) is 17.5 Å². The highest BCUT2D eigenvalue weighted by molar-refractivity contribution is 6.13. The number of hydrogen-bond acceptors (Lipinski definition) is 4. The maximum atomic E-state index is 6.27. The summed E-state index contributed by atoms with van der Waals surface area (Å²) in [6, 6.07) is 61.0. The Balaban J connectivity index is 1.16. The van der Waals surface area contributed by atoms with Crippen molar-refractivity contribution in [2.24, 2.45) is 0 Å². The molecule has 0 spiro atoms. The van der Waals surface area contributed by atoms with Crippen LogP contribution in [0.5, 0.6) is 0 Å². The number of furan rings is 1. The van der Waals surface area contributed by atoms with Crippen molar-refractivity contribution in [3.63, 3.8) is 0 Å². The highest BCUT2D eigenvalue weighted by Gasteiger charge is 2.19. The first-order valence-corrected chi connectivity index (χ1v) is 17.1. The van der Waals surface area contributed by atoms with Crippen LogP contribution in [0.2, 0.25) is 0 Å². The van der Waals surface area contributed by atoms with Crippen molar-refractivity contribution in [1.82, 2.24) is 15.0 Å². The number of aromatic nitrogens is 3. The molecule has 0 fully saturated rings. The number of benzene rings is 8. The standard InChI is InChI=1S/C47H29N3O/c1-2-13-34-29-35(28-23-30(34)11-1)46-48-45(33-26-24-32(25-27-33)37-19-9-14-31-12-3-4-15-36(31)37)49-47(50-46)40-17-6-5-16-38(40)39-20-10-22-43-44(39)41-18-7-8-21-42(41)51-43/h1-29H. The van der Waals surface area contributed by atoms with Gasteiger partial charge in [0.25, 0.3) is 0 Å². The lowest BCUT2D eigenvalue weighted by atomic mass is 9.95. The molecule has 10 aromatic rings. The Kier molecular flexibility index (Phi) is 6.78. The zero-order valence-corrected chi connectivity index (χ0v) is 27.5. The molecule has 238 valence electrons. The molecule has 51 heavy (non-hydrogen) atoms. The van der Waals surface area contributed by atoms with Crippen molar-refractivity contribution in [3.05, 3.63) is 176 Å². The van der Waals surface area contributed by atoms with Crippen molar-refractivity contribution >= 4 is 43.5 Å². The molecule has 4 nitrogen and oxygen atoms in total. The third-order valence-electron chi connectivity index (χ3n) is 9.75. The fourth-order valence-electron chi connectivity index (χ4n) is 7.27. The van der Waals surface area contributed by atoms with E-state index in [-0.39, 0.29) is 0 Å². The normalized spacial score (nSPS) is 11.5. The van der Waals surface area contributed by atoms with Crippen molar-refractivity contribution in [2.45, 2.75) is 0 Å². The van der Waals surface area contributed by atoms with E-state index in [0.717, 1.165) is 60.7 Å². The first-order valence-electron chi connectivity index (χ1n) is 17.1. The quantitative estimate of drug-likeness (QED) is 0.186. The fraction of sp³-hybridized carbons (Fsp3) is 0. The van der Waals surface area contributed by atoms with E-state index in [1.807, 2.05) is 30.3 Å². The molecule has 0 saturated carbocycles. The fourth-order valence-corrected chi connectivity index (χ4v) is 7.27. The van der Waals surface area contributed by atoms with Gasteiger partial charge >= 0.3 is 0 Å². The molecule has 0 aliphatic heterocycles. The van der Waals surface area contributed by atoms with Gasteiger partial charge < -0.3 is 4.42 Å². The summed E-state index contributed by atoms with van der Waals surface area (Å²) in [5.41, 5.74) is 8.94. The summed E-state index contributed by atoms with van der Waals surface area (Å²) in [6.07, 6.45) is 0. The summed E-state index contributed by atoms with van der Waals surface area (Å²) in [7, 11) is 0.